The van der Waals surface area contributed by atoms with Gasteiger partial charge in [0.2, 0.25) is 0 Å². The molecule has 1 aromatic heterocycles. The zero-order valence-corrected chi connectivity index (χ0v) is 11.8. The number of carbonyl (C=O) groups is 1. The van der Waals surface area contributed by atoms with Gasteiger partial charge in [0.15, 0.2) is 5.78 Å². The quantitative estimate of drug-likeness (QED) is 0.861. The molecule has 1 fully saturated rings. The van der Waals surface area contributed by atoms with Gasteiger partial charge in [-0.15, -0.1) is 0 Å². The minimum atomic E-state index is -0.293. The fourth-order valence-electron chi connectivity index (χ4n) is 2.46. The summed E-state index contributed by atoms with van der Waals surface area (Å²) in [6.07, 6.45) is 4.06. The maximum Gasteiger partial charge on any atom is 0.184 e. The second-order valence-corrected chi connectivity index (χ2v) is 5.92. The van der Waals surface area contributed by atoms with Crippen molar-refractivity contribution in [2.45, 2.75) is 38.1 Å². The average Bonchev–Trinajstić information content (AvgIpc) is 2.87. The van der Waals surface area contributed by atoms with Gasteiger partial charge in [-0.25, -0.2) is 0 Å². The molecule has 2 nitrogen and oxygen atoms in total. The first-order valence-electron chi connectivity index (χ1n) is 5.71. The van der Waals surface area contributed by atoms with Gasteiger partial charge in [-0.05, 0) is 41.7 Å². The Labute approximate surface area is 109 Å². The van der Waals surface area contributed by atoms with Crippen LogP contribution in [-0.2, 0) is 0 Å². The molecule has 0 bridgehead atoms. The molecular formula is C12H16BrNOS. The number of rotatable bonds is 4. The van der Waals surface area contributed by atoms with E-state index >= 15 is 0 Å². The Hall–Kier alpha value is -0.190. The normalized spacial score (nSPS) is 24.9. The van der Waals surface area contributed by atoms with E-state index in [9.17, 15) is 4.79 Å². The van der Waals surface area contributed by atoms with Crippen molar-refractivity contribution in [3.05, 3.63) is 20.8 Å². The van der Waals surface area contributed by atoms with Crippen LogP contribution >= 0.6 is 27.3 Å². The SMILES string of the molecule is CCCC1(C(=O)c2cscc2Br)CCCN1. The highest BCUT2D eigenvalue weighted by Gasteiger charge is 2.40. The van der Waals surface area contributed by atoms with Crippen LogP contribution < -0.4 is 5.32 Å². The summed E-state index contributed by atoms with van der Waals surface area (Å²) in [7, 11) is 0. The van der Waals surface area contributed by atoms with E-state index in [1.807, 2.05) is 10.8 Å². The Morgan fingerprint density at radius 3 is 2.94 bits per heavy atom. The molecule has 4 heteroatoms. The van der Waals surface area contributed by atoms with Crippen LogP contribution in [0.1, 0.15) is 43.0 Å². The van der Waals surface area contributed by atoms with E-state index in [0.717, 1.165) is 42.3 Å². The standard InChI is InChI=1S/C12H16BrNOS/c1-2-4-12(5-3-6-14-12)11(15)9-7-16-8-10(9)13/h7-8,14H,2-6H2,1H3. The highest BCUT2D eigenvalue weighted by Crippen LogP contribution is 2.32. The molecule has 88 valence electrons. The van der Waals surface area contributed by atoms with Crippen molar-refractivity contribution in [1.29, 1.82) is 0 Å². The number of carbonyl (C=O) groups excluding carboxylic acids is 1. The van der Waals surface area contributed by atoms with Crippen LogP contribution in [-0.4, -0.2) is 17.9 Å². The first kappa shape index (κ1) is 12.3. The molecule has 1 aromatic rings. The monoisotopic (exact) mass is 301 g/mol. The Morgan fingerprint density at radius 2 is 2.44 bits per heavy atom. The lowest BCUT2D eigenvalue weighted by molar-refractivity contribution is 0.0857. The Bertz CT molecular complexity index is 382. The van der Waals surface area contributed by atoms with Crippen molar-refractivity contribution in [2.24, 2.45) is 0 Å². The van der Waals surface area contributed by atoms with Crippen molar-refractivity contribution in [1.82, 2.24) is 5.32 Å². The third kappa shape index (κ3) is 2.11. The first-order valence-corrected chi connectivity index (χ1v) is 7.45. The van der Waals surface area contributed by atoms with E-state index in [4.69, 9.17) is 0 Å². The molecule has 2 heterocycles. The Balaban J connectivity index is 2.27. The van der Waals surface area contributed by atoms with Crippen LogP contribution in [0.15, 0.2) is 15.2 Å². The van der Waals surface area contributed by atoms with E-state index in [2.05, 4.69) is 28.2 Å². The van der Waals surface area contributed by atoms with Gasteiger partial charge >= 0.3 is 0 Å². The number of hydrogen-bond donors (Lipinski definition) is 1. The van der Waals surface area contributed by atoms with Gasteiger partial charge in [0, 0.05) is 20.8 Å². The van der Waals surface area contributed by atoms with E-state index in [-0.39, 0.29) is 11.3 Å². The number of Topliss-reactive ketones (excluding diaryl/α,β-unsaturated/α-hetero) is 1. The minimum absolute atomic E-state index is 0.264. The number of hydrogen-bond acceptors (Lipinski definition) is 3. The summed E-state index contributed by atoms with van der Waals surface area (Å²) in [6, 6.07) is 0. The van der Waals surface area contributed by atoms with E-state index in [0.29, 0.717) is 0 Å². The topological polar surface area (TPSA) is 29.1 Å². The van der Waals surface area contributed by atoms with Crippen LogP contribution in [0.4, 0.5) is 0 Å². The van der Waals surface area contributed by atoms with Gasteiger partial charge in [-0.3, -0.25) is 4.79 Å². The molecule has 0 saturated carbocycles. The van der Waals surface area contributed by atoms with Crippen LogP contribution in [0.25, 0.3) is 0 Å². The van der Waals surface area contributed by atoms with Crippen molar-refractivity contribution >= 4 is 33.0 Å². The molecule has 1 aliphatic rings. The molecule has 0 aliphatic carbocycles. The summed E-state index contributed by atoms with van der Waals surface area (Å²) in [5.41, 5.74) is 0.547. The molecule has 0 amide bonds. The average molecular weight is 302 g/mol. The van der Waals surface area contributed by atoms with Gasteiger partial charge in [0.25, 0.3) is 0 Å². The van der Waals surface area contributed by atoms with Crippen LogP contribution in [0.5, 0.6) is 0 Å². The van der Waals surface area contributed by atoms with Crippen molar-refractivity contribution < 1.29 is 4.79 Å². The maximum absolute atomic E-state index is 12.6. The lowest BCUT2D eigenvalue weighted by Crippen LogP contribution is -2.47. The summed E-state index contributed by atoms with van der Waals surface area (Å²) >= 11 is 5.03. The fraction of sp³-hybridized carbons (Fsp3) is 0.583. The molecule has 0 radical (unpaired) electrons. The summed E-state index contributed by atoms with van der Waals surface area (Å²) in [4.78, 5) is 12.6. The highest BCUT2D eigenvalue weighted by atomic mass is 79.9. The maximum atomic E-state index is 12.6. The van der Waals surface area contributed by atoms with Gasteiger partial charge in [-0.1, -0.05) is 13.3 Å². The predicted molar refractivity (Wildman–Crippen MR) is 71.2 cm³/mol. The summed E-state index contributed by atoms with van der Waals surface area (Å²) in [5, 5.41) is 7.34. The molecule has 16 heavy (non-hydrogen) atoms. The van der Waals surface area contributed by atoms with Crippen LogP contribution in [0, 0.1) is 0 Å². The van der Waals surface area contributed by atoms with E-state index in [1.165, 1.54) is 0 Å². The molecule has 2 rings (SSSR count). The summed E-state index contributed by atoms with van der Waals surface area (Å²) < 4.78 is 0.937. The molecule has 1 aliphatic heterocycles. The first-order chi connectivity index (χ1) is 7.69. The lowest BCUT2D eigenvalue weighted by Gasteiger charge is -2.27. The smallest absolute Gasteiger partial charge is 0.184 e. The fourth-order valence-corrected chi connectivity index (χ4v) is 3.91. The molecule has 1 unspecified atom stereocenters. The number of thiophene rings is 1. The summed E-state index contributed by atoms with van der Waals surface area (Å²) in [6.45, 7) is 3.10. The Morgan fingerprint density at radius 1 is 1.62 bits per heavy atom. The molecule has 1 N–H and O–H groups in total. The zero-order chi connectivity index (χ0) is 11.6. The van der Waals surface area contributed by atoms with Crippen molar-refractivity contribution in [3.63, 3.8) is 0 Å². The highest BCUT2D eigenvalue weighted by molar-refractivity contribution is 9.10. The van der Waals surface area contributed by atoms with Crippen molar-refractivity contribution in [3.8, 4) is 0 Å². The molecule has 1 atom stereocenters. The number of nitrogens with one attached hydrogen (secondary N) is 1. The zero-order valence-electron chi connectivity index (χ0n) is 9.38. The third-order valence-corrected chi connectivity index (χ3v) is 4.92. The van der Waals surface area contributed by atoms with Gasteiger partial charge in [0.1, 0.15) is 0 Å². The number of ketones is 1. The second kappa shape index (κ2) is 4.98. The van der Waals surface area contributed by atoms with E-state index in [1.54, 1.807) is 11.3 Å². The van der Waals surface area contributed by atoms with Gasteiger partial charge < -0.3 is 5.32 Å². The molecule has 0 spiro atoms. The Kier molecular flexibility index (Phi) is 3.82. The lowest BCUT2D eigenvalue weighted by atomic mass is 9.85. The van der Waals surface area contributed by atoms with Gasteiger partial charge in [0.05, 0.1) is 5.54 Å². The summed E-state index contributed by atoms with van der Waals surface area (Å²) in [5.74, 6) is 0.264. The third-order valence-electron chi connectivity index (χ3n) is 3.21. The molecule has 1 saturated heterocycles. The van der Waals surface area contributed by atoms with Crippen LogP contribution in [0.3, 0.4) is 0 Å². The van der Waals surface area contributed by atoms with Gasteiger partial charge in [-0.2, -0.15) is 11.3 Å². The second-order valence-electron chi connectivity index (χ2n) is 4.32. The molecule has 0 aromatic carbocycles. The van der Waals surface area contributed by atoms with Crippen LogP contribution in [0.2, 0.25) is 0 Å². The predicted octanol–water partition coefficient (Wildman–Crippen LogP) is 3.62. The molecular weight excluding hydrogens is 286 g/mol. The largest absolute Gasteiger partial charge is 0.305 e. The van der Waals surface area contributed by atoms with Crippen molar-refractivity contribution in [2.75, 3.05) is 6.54 Å². The minimum Gasteiger partial charge on any atom is -0.305 e. The van der Waals surface area contributed by atoms with E-state index < -0.39 is 0 Å². The number of halogens is 1.